The Morgan fingerprint density at radius 1 is 1.19 bits per heavy atom. The predicted molar refractivity (Wildman–Crippen MR) is 82.1 cm³/mol. The Bertz CT molecular complexity index is 742. The molecule has 0 aliphatic rings. The summed E-state index contributed by atoms with van der Waals surface area (Å²) >= 11 is 0. The third-order valence-corrected chi connectivity index (χ3v) is 5.02. The Morgan fingerprint density at radius 3 is 2.38 bits per heavy atom. The third-order valence-electron chi connectivity index (χ3n) is 3.41. The monoisotopic (exact) mass is 308 g/mol. The van der Waals surface area contributed by atoms with E-state index in [1.54, 1.807) is 13.8 Å². The quantitative estimate of drug-likeness (QED) is 0.938. The van der Waals surface area contributed by atoms with Crippen LogP contribution in [0.15, 0.2) is 27.6 Å². The summed E-state index contributed by atoms with van der Waals surface area (Å²) in [5.74, 6) is 0.616. The zero-order chi connectivity index (χ0) is 15.8. The Kier molecular flexibility index (Phi) is 4.09. The molecular weight excluding hydrogens is 288 g/mol. The smallest absolute Gasteiger partial charge is 0.267 e. The first kappa shape index (κ1) is 15.6. The van der Waals surface area contributed by atoms with Crippen molar-refractivity contribution >= 4 is 15.7 Å². The fraction of sp³-hybridized carbons (Fsp3) is 0.400. The Balaban J connectivity index is 2.44. The van der Waals surface area contributed by atoms with Gasteiger partial charge in [0.2, 0.25) is 0 Å². The minimum Gasteiger partial charge on any atom is -0.360 e. The normalized spacial score (nSPS) is 11.9. The summed E-state index contributed by atoms with van der Waals surface area (Å²) in [4.78, 5) is 0.108. The molecule has 0 radical (unpaired) electrons. The molecule has 0 fully saturated rings. The van der Waals surface area contributed by atoms with Gasteiger partial charge in [0.25, 0.3) is 10.0 Å². The van der Waals surface area contributed by atoms with Crippen LogP contribution in [0.2, 0.25) is 0 Å². The maximum absolute atomic E-state index is 12.5. The van der Waals surface area contributed by atoms with Crippen molar-refractivity contribution in [3.8, 4) is 0 Å². The van der Waals surface area contributed by atoms with Crippen LogP contribution < -0.4 is 4.72 Å². The van der Waals surface area contributed by atoms with E-state index in [-0.39, 0.29) is 10.7 Å². The summed E-state index contributed by atoms with van der Waals surface area (Å²) < 4.78 is 32.6. The van der Waals surface area contributed by atoms with E-state index >= 15 is 0 Å². The van der Waals surface area contributed by atoms with E-state index in [9.17, 15) is 8.42 Å². The number of aryl methyl sites for hydroxylation is 3. The molecule has 1 N–H and O–H groups in total. The maximum atomic E-state index is 12.5. The van der Waals surface area contributed by atoms with E-state index in [0.717, 1.165) is 11.1 Å². The van der Waals surface area contributed by atoms with Crippen molar-refractivity contribution in [2.24, 2.45) is 0 Å². The average Bonchev–Trinajstić information content (AvgIpc) is 2.71. The molecule has 0 bridgehead atoms. The molecule has 0 aliphatic carbocycles. The van der Waals surface area contributed by atoms with E-state index < -0.39 is 10.0 Å². The highest BCUT2D eigenvalue weighted by Crippen LogP contribution is 2.26. The highest BCUT2D eigenvalue weighted by Gasteiger charge is 2.24. The van der Waals surface area contributed by atoms with E-state index in [4.69, 9.17) is 4.52 Å². The van der Waals surface area contributed by atoms with E-state index in [2.05, 4.69) is 23.7 Å². The molecule has 2 aromatic rings. The van der Waals surface area contributed by atoms with Crippen LogP contribution in [-0.4, -0.2) is 13.6 Å². The van der Waals surface area contributed by atoms with Crippen molar-refractivity contribution in [1.29, 1.82) is 0 Å². The lowest BCUT2D eigenvalue weighted by molar-refractivity contribution is 0.390. The number of nitrogens with zero attached hydrogens (tertiary/aromatic N) is 1. The largest absolute Gasteiger partial charge is 0.360 e. The van der Waals surface area contributed by atoms with Crippen molar-refractivity contribution in [2.75, 3.05) is 4.72 Å². The lowest BCUT2D eigenvalue weighted by atomic mass is 10.0. The molecule has 1 heterocycles. The molecule has 0 amide bonds. The van der Waals surface area contributed by atoms with E-state index in [0.29, 0.717) is 17.3 Å². The van der Waals surface area contributed by atoms with Crippen LogP contribution in [0.1, 0.15) is 42.3 Å². The Hall–Kier alpha value is -1.82. The number of anilines is 1. The van der Waals surface area contributed by atoms with Crippen molar-refractivity contribution in [1.82, 2.24) is 5.16 Å². The zero-order valence-corrected chi connectivity index (χ0v) is 13.7. The second kappa shape index (κ2) is 5.52. The first-order valence-electron chi connectivity index (χ1n) is 6.78. The molecule has 2 rings (SSSR count). The first-order valence-corrected chi connectivity index (χ1v) is 8.27. The van der Waals surface area contributed by atoms with Gasteiger partial charge in [0.1, 0.15) is 5.69 Å². The van der Waals surface area contributed by atoms with E-state index in [1.165, 1.54) is 0 Å². The van der Waals surface area contributed by atoms with Gasteiger partial charge >= 0.3 is 0 Å². The lowest BCUT2D eigenvalue weighted by Gasteiger charge is -2.13. The van der Waals surface area contributed by atoms with Gasteiger partial charge in [0.05, 0.1) is 5.69 Å². The van der Waals surface area contributed by atoms with Gasteiger partial charge in [-0.3, -0.25) is 4.72 Å². The van der Waals surface area contributed by atoms with Gasteiger partial charge in [-0.25, -0.2) is 8.42 Å². The van der Waals surface area contributed by atoms with Gasteiger partial charge in [-0.2, -0.15) is 0 Å². The molecule has 0 saturated heterocycles. The first-order chi connectivity index (χ1) is 9.72. The maximum Gasteiger partial charge on any atom is 0.267 e. The second-order valence-electron chi connectivity index (χ2n) is 5.49. The Labute approximate surface area is 125 Å². The van der Waals surface area contributed by atoms with Gasteiger partial charge in [-0.1, -0.05) is 31.1 Å². The molecule has 0 spiro atoms. The second-order valence-corrected chi connectivity index (χ2v) is 7.11. The topological polar surface area (TPSA) is 72.2 Å². The summed E-state index contributed by atoms with van der Waals surface area (Å²) in [6.45, 7) is 9.21. The molecule has 5 nitrogen and oxygen atoms in total. The number of nitrogens with one attached hydrogen (secondary N) is 1. The SMILES string of the molecule is Cc1ccc(C(C)C)cc1NS(=O)(=O)c1c(C)noc1C. The summed E-state index contributed by atoms with van der Waals surface area (Å²) in [5, 5.41) is 3.70. The Morgan fingerprint density at radius 2 is 1.86 bits per heavy atom. The molecule has 0 unspecified atom stereocenters. The number of hydrogen-bond acceptors (Lipinski definition) is 4. The van der Waals surface area contributed by atoms with Crippen molar-refractivity contribution in [3.05, 3.63) is 40.8 Å². The van der Waals surface area contributed by atoms with Gasteiger partial charge in [-0.05, 0) is 43.9 Å². The van der Waals surface area contributed by atoms with Gasteiger partial charge in [-0.15, -0.1) is 0 Å². The summed E-state index contributed by atoms with van der Waals surface area (Å²) in [7, 11) is -3.70. The summed E-state index contributed by atoms with van der Waals surface area (Å²) in [5.41, 5.74) is 2.89. The van der Waals surface area contributed by atoms with Crippen LogP contribution >= 0.6 is 0 Å². The van der Waals surface area contributed by atoms with Crippen LogP contribution in [0.3, 0.4) is 0 Å². The summed E-state index contributed by atoms with van der Waals surface area (Å²) in [6, 6.07) is 5.80. The molecule has 1 aromatic heterocycles. The molecule has 21 heavy (non-hydrogen) atoms. The van der Waals surface area contributed by atoms with Crippen molar-refractivity contribution < 1.29 is 12.9 Å². The highest BCUT2D eigenvalue weighted by atomic mass is 32.2. The number of sulfonamides is 1. The highest BCUT2D eigenvalue weighted by molar-refractivity contribution is 7.92. The lowest BCUT2D eigenvalue weighted by Crippen LogP contribution is -2.15. The van der Waals surface area contributed by atoms with Crippen LogP contribution in [0, 0.1) is 20.8 Å². The third kappa shape index (κ3) is 3.10. The minimum atomic E-state index is -3.70. The summed E-state index contributed by atoms with van der Waals surface area (Å²) in [6.07, 6.45) is 0. The van der Waals surface area contributed by atoms with Gasteiger partial charge in [0, 0.05) is 0 Å². The number of rotatable bonds is 4. The van der Waals surface area contributed by atoms with Crippen molar-refractivity contribution in [3.63, 3.8) is 0 Å². The molecule has 0 aliphatic heterocycles. The van der Waals surface area contributed by atoms with Crippen LogP contribution in [0.4, 0.5) is 5.69 Å². The molecule has 0 atom stereocenters. The molecule has 0 saturated carbocycles. The van der Waals surface area contributed by atoms with Crippen LogP contribution in [0.25, 0.3) is 0 Å². The fourth-order valence-corrected chi connectivity index (χ4v) is 3.62. The van der Waals surface area contributed by atoms with Gasteiger partial charge in [0.15, 0.2) is 10.7 Å². The minimum absolute atomic E-state index is 0.108. The van der Waals surface area contributed by atoms with Crippen LogP contribution in [-0.2, 0) is 10.0 Å². The number of benzene rings is 1. The molecular formula is C15H20N2O3S. The number of hydrogen-bond donors (Lipinski definition) is 1. The number of aromatic nitrogens is 1. The van der Waals surface area contributed by atoms with Crippen molar-refractivity contribution in [2.45, 2.75) is 45.4 Å². The van der Waals surface area contributed by atoms with Gasteiger partial charge < -0.3 is 4.52 Å². The molecule has 1 aromatic carbocycles. The molecule has 6 heteroatoms. The fourth-order valence-electron chi connectivity index (χ4n) is 2.16. The zero-order valence-electron chi connectivity index (χ0n) is 12.9. The standard InChI is InChI=1S/C15H20N2O3S/c1-9(2)13-7-6-10(3)14(8-13)17-21(18,19)15-11(4)16-20-12(15)5/h6-9,17H,1-5H3. The van der Waals surface area contributed by atoms with Crippen LogP contribution in [0.5, 0.6) is 0 Å². The average molecular weight is 308 g/mol. The predicted octanol–water partition coefficient (Wildman–Crippen LogP) is 3.52. The molecule has 114 valence electrons. The van der Waals surface area contributed by atoms with E-state index in [1.807, 2.05) is 25.1 Å².